The fourth-order valence-corrected chi connectivity index (χ4v) is 2.55. The fraction of sp³-hybridized carbons (Fsp3) is 0.133. The SMILES string of the molecule is COC(=O)c1ccc(F)cc1NCc1ccc(Br)cc1Cl. The molecular formula is C15H12BrClFNO2. The Morgan fingerprint density at radius 1 is 1.33 bits per heavy atom. The Kier molecular flexibility index (Phi) is 5.20. The number of rotatable bonds is 4. The summed E-state index contributed by atoms with van der Waals surface area (Å²) < 4.78 is 18.9. The molecule has 0 saturated carbocycles. The second kappa shape index (κ2) is 6.91. The van der Waals surface area contributed by atoms with Gasteiger partial charge in [-0.15, -0.1) is 0 Å². The molecule has 0 bridgehead atoms. The van der Waals surface area contributed by atoms with Gasteiger partial charge in [0.1, 0.15) is 5.82 Å². The molecule has 0 aliphatic rings. The molecule has 6 heteroatoms. The minimum absolute atomic E-state index is 0.270. The molecule has 2 aromatic rings. The summed E-state index contributed by atoms with van der Waals surface area (Å²) in [6.07, 6.45) is 0. The fourth-order valence-electron chi connectivity index (χ4n) is 1.81. The number of methoxy groups -OCH3 is 1. The van der Waals surface area contributed by atoms with Crippen molar-refractivity contribution in [1.29, 1.82) is 0 Å². The molecule has 2 rings (SSSR count). The monoisotopic (exact) mass is 371 g/mol. The molecule has 0 radical (unpaired) electrons. The highest BCUT2D eigenvalue weighted by molar-refractivity contribution is 9.10. The smallest absolute Gasteiger partial charge is 0.339 e. The van der Waals surface area contributed by atoms with Crippen LogP contribution in [0.15, 0.2) is 40.9 Å². The lowest BCUT2D eigenvalue weighted by atomic mass is 10.1. The van der Waals surface area contributed by atoms with E-state index in [0.717, 1.165) is 10.0 Å². The lowest BCUT2D eigenvalue weighted by Crippen LogP contribution is -2.09. The second-order valence-corrected chi connectivity index (χ2v) is 5.59. The Balaban J connectivity index is 2.23. The van der Waals surface area contributed by atoms with E-state index in [9.17, 15) is 9.18 Å². The van der Waals surface area contributed by atoms with Crippen LogP contribution in [0.4, 0.5) is 10.1 Å². The van der Waals surface area contributed by atoms with Gasteiger partial charge in [-0.25, -0.2) is 9.18 Å². The van der Waals surface area contributed by atoms with Crippen LogP contribution in [0, 0.1) is 5.82 Å². The van der Waals surface area contributed by atoms with Crippen molar-refractivity contribution in [2.45, 2.75) is 6.54 Å². The van der Waals surface area contributed by atoms with Crippen LogP contribution in [0.2, 0.25) is 5.02 Å². The van der Waals surface area contributed by atoms with E-state index in [1.54, 1.807) is 6.07 Å². The molecular weight excluding hydrogens is 361 g/mol. The first-order chi connectivity index (χ1) is 10.0. The summed E-state index contributed by atoms with van der Waals surface area (Å²) >= 11 is 9.45. The third-order valence-corrected chi connectivity index (χ3v) is 3.72. The van der Waals surface area contributed by atoms with Crippen LogP contribution < -0.4 is 5.32 Å². The van der Waals surface area contributed by atoms with Gasteiger partial charge in [-0.2, -0.15) is 0 Å². The Morgan fingerprint density at radius 3 is 2.76 bits per heavy atom. The number of hydrogen-bond donors (Lipinski definition) is 1. The summed E-state index contributed by atoms with van der Waals surface area (Å²) in [4.78, 5) is 11.7. The van der Waals surface area contributed by atoms with Gasteiger partial charge in [-0.05, 0) is 35.9 Å². The molecule has 3 nitrogen and oxygen atoms in total. The topological polar surface area (TPSA) is 38.3 Å². The van der Waals surface area contributed by atoms with Gasteiger partial charge in [0.25, 0.3) is 0 Å². The number of carbonyl (C=O) groups is 1. The number of anilines is 1. The van der Waals surface area contributed by atoms with E-state index in [1.807, 2.05) is 12.1 Å². The van der Waals surface area contributed by atoms with Crippen molar-refractivity contribution in [1.82, 2.24) is 0 Å². The highest BCUT2D eigenvalue weighted by Gasteiger charge is 2.13. The van der Waals surface area contributed by atoms with E-state index in [4.69, 9.17) is 11.6 Å². The Hall–Kier alpha value is -1.59. The van der Waals surface area contributed by atoms with Crippen LogP contribution in [-0.4, -0.2) is 13.1 Å². The van der Waals surface area contributed by atoms with Crippen molar-refractivity contribution in [3.63, 3.8) is 0 Å². The number of halogens is 3. The van der Waals surface area contributed by atoms with E-state index in [2.05, 4.69) is 26.0 Å². The normalized spacial score (nSPS) is 10.3. The molecule has 0 aliphatic carbocycles. The molecule has 0 aromatic heterocycles. The number of nitrogens with one attached hydrogen (secondary N) is 1. The summed E-state index contributed by atoms with van der Waals surface area (Å²) in [5, 5.41) is 3.58. The number of benzene rings is 2. The van der Waals surface area contributed by atoms with Gasteiger partial charge in [0.2, 0.25) is 0 Å². The molecule has 110 valence electrons. The molecule has 0 amide bonds. The summed E-state index contributed by atoms with van der Waals surface area (Å²) in [5.74, 6) is -0.966. The van der Waals surface area contributed by atoms with Gasteiger partial charge in [0, 0.05) is 16.0 Å². The molecule has 2 aromatic carbocycles. The Bertz CT molecular complexity index is 679. The second-order valence-electron chi connectivity index (χ2n) is 4.27. The van der Waals surface area contributed by atoms with Gasteiger partial charge in [-0.1, -0.05) is 33.6 Å². The number of ether oxygens (including phenoxy) is 1. The van der Waals surface area contributed by atoms with Crippen molar-refractivity contribution in [2.24, 2.45) is 0 Å². The zero-order valence-corrected chi connectivity index (χ0v) is 13.5. The lowest BCUT2D eigenvalue weighted by molar-refractivity contribution is 0.0602. The number of esters is 1. The Morgan fingerprint density at radius 2 is 2.10 bits per heavy atom. The van der Waals surface area contributed by atoms with Crippen LogP contribution in [0.25, 0.3) is 0 Å². The maximum Gasteiger partial charge on any atom is 0.339 e. The van der Waals surface area contributed by atoms with Crippen LogP contribution in [0.5, 0.6) is 0 Å². The molecule has 1 N–H and O–H groups in total. The van der Waals surface area contributed by atoms with E-state index < -0.39 is 11.8 Å². The van der Waals surface area contributed by atoms with Gasteiger partial charge in [-0.3, -0.25) is 0 Å². The van der Waals surface area contributed by atoms with Crippen molar-refractivity contribution >= 4 is 39.2 Å². The summed E-state index contributed by atoms with van der Waals surface area (Å²) in [6, 6.07) is 9.31. The average Bonchev–Trinajstić information content (AvgIpc) is 2.45. The highest BCUT2D eigenvalue weighted by atomic mass is 79.9. The molecule has 0 aliphatic heterocycles. The van der Waals surface area contributed by atoms with Gasteiger partial charge < -0.3 is 10.1 Å². The molecule has 0 spiro atoms. The van der Waals surface area contributed by atoms with Gasteiger partial charge in [0.15, 0.2) is 0 Å². The van der Waals surface area contributed by atoms with Crippen LogP contribution in [0.1, 0.15) is 15.9 Å². The van der Waals surface area contributed by atoms with E-state index in [1.165, 1.54) is 25.3 Å². The molecule has 0 atom stereocenters. The van der Waals surface area contributed by atoms with Crippen LogP contribution >= 0.6 is 27.5 Å². The van der Waals surface area contributed by atoms with Crippen molar-refractivity contribution in [2.75, 3.05) is 12.4 Å². The van der Waals surface area contributed by atoms with E-state index in [-0.39, 0.29) is 5.56 Å². The quantitative estimate of drug-likeness (QED) is 0.795. The van der Waals surface area contributed by atoms with Crippen LogP contribution in [-0.2, 0) is 11.3 Å². The van der Waals surface area contributed by atoms with Crippen molar-refractivity contribution < 1.29 is 13.9 Å². The van der Waals surface area contributed by atoms with Gasteiger partial charge >= 0.3 is 5.97 Å². The lowest BCUT2D eigenvalue weighted by Gasteiger charge is -2.12. The molecule has 0 fully saturated rings. The van der Waals surface area contributed by atoms with Crippen molar-refractivity contribution in [3.8, 4) is 0 Å². The number of carbonyl (C=O) groups excluding carboxylic acids is 1. The maximum absolute atomic E-state index is 13.3. The van der Waals surface area contributed by atoms with E-state index >= 15 is 0 Å². The average molecular weight is 373 g/mol. The summed E-state index contributed by atoms with van der Waals surface area (Å²) in [6.45, 7) is 0.361. The zero-order valence-electron chi connectivity index (χ0n) is 11.1. The molecule has 0 heterocycles. The first-order valence-corrected chi connectivity index (χ1v) is 7.24. The maximum atomic E-state index is 13.3. The highest BCUT2D eigenvalue weighted by Crippen LogP contribution is 2.24. The molecule has 0 unspecified atom stereocenters. The predicted octanol–water partition coefficient (Wildman–Crippen LogP) is 4.64. The largest absolute Gasteiger partial charge is 0.465 e. The molecule has 0 saturated heterocycles. The zero-order chi connectivity index (χ0) is 15.4. The summed E-state index contributed by atoms with van der Waals surface area (Å²) in [5.41, 5.74) is 1.47. The third kappa shape index (κ3) is 3.95. The molecule has 21 heavy (non-hydrogen) atoms. The summed E-state index contributed by atoms with van der Waals surface area (Å²) in [7, 11) is 1.28. The number of hydrogen-bond acceptors (Lipinski definition) is 3. The minimum Gasteiger partial charge on any atom is -0.465 e. The van der Waals surface area contributed by atoms with Crippen LogP contribution in [0.3, 0.4) is 0 Å². The Labute approximate surface area is 135 Å². The first kappa shape index (κ1) is 15.8. The predicted molar refractivity (Wildman–Crippen MR) is 84.2 cm³/mol. The first-order valence-electron chi connectivity index (χ1n) is 6.07. The standard InChI is InChI=1S/C15H12BrClFNO2/c1-21-15(20)12-5-4-11(18)7-14(12)19-8-9-2-3-10(16)6-13(9)17/h2-7,19H,8H2,1H3. The minimum atomic E-state index is -0.528. The third-order valence-electron chi connectivity index (χ3n) is 2.87. The van der Waals surface area contributed by atoms with Crippen molar-refractivity contribution in [3.05, 3.63) is 62.8 Å². The van der Waals surface area contributed by atoms with Gasteiger partial charge in [0.05, 0.1) is 18.4 Å². The van der Waals surface area contributed by atoms with E-state index in [0.29, 0.717) is 17.3 Å².